The first-order chi connectivity index (χ1) is 4.63. The molecule has 2 nitrogen and oxygen atoms in total. The maximum atomic E-state index is 5.31. The van der Waals surface area contributed by atoms with Gasteiger partial charge < -0.3 is 5.43 Å². The Balaban J connectivity index is 0. The number of hydrogen-bond donors (Lipinski definition) is 2. The van der Waals surface area contributed by atoms with E-state index in [1.807, 2.05) is 20.8 Å². The third kappa shape index (κ3) is 15.7. The van der Waals surface area contributed by atoms with E-state index in [1.54, 1.807) is 0 Å². The summed E-state index contributed by atoms with van der Waals surface area (Å²) in [6.45, 7) is 12.7. The summed E-state index contributed by atoms with van der Waals surface area (Å²) in [5.74, 6) is 0. The zero-order chi connectivity index (χ0) is 8.57. The molecule has 0 aliphatic heterocycles. The fraction of sp³-hybridized carbons (Fsp3) is 0.429. The van der Waals surface area contributed by atoms with E-state index in [0.717, 1.165) is 5.70 Å². The first kappa shape index (κ1) is 12.1. The normalized spacial score (nSPS) is 6.80. The van der Waals surface area contributed by atoms with Gasteiger partial charge in [0.1, 0.15) is 5.16 Å². The Bertz CT molecular complexity index is 96.2. The molecular formula is C7H15ClN2. The first-order valence-corrected chi connectivity index (χ1v) is 3.52. The molecule has 3 heteroatoms. The molecule has 2 N–H and O–H groups in total. The number of halogens is 1. The van der Waals surface area contributed by atoms with Crippen molar-refractivity contribution < 1.29 is 0 Å². The summed E-state index contributed by atoms with van der Waals surface area (Å²) in [5.41, 5.74) is 6.03. The zero-order valence-corrected chi connectivity index (χ0v) is 7.55. The summed E-state index contributed by atoms with van der Waals surface area (Å²) < 4.78 is 0. The molecule has 0 saturated heterocycles. The molecule has 0 aromatic rings. The number of hydrogen-bond acceptors (Lipinski definition) is 2. The topological polar surface area (TPSA) is 24.1 Å². The lowest BCUT2D eigenvalue weighted by Gasteiger charge is -2.04. The van der Waals surface area contributed by atoms with Crippen LogP contribution in [0.4, 0.5) is 0 Å². The Hall–Kier alpha value is -0.630. The predicted octanol–water partition coefficient (Wildman–Crippen LogP) is 2.35. The van der Waals surface area contributed by atoms with E-state index in [0.29, 0.717) is 5.16 Å². The average molecular weight is 163 g/mol. The van der Waals surface area contributed by atoms with Crippen LogP contribution in [0.3, 0.4) is 0 Å². The lowest BCUT2D eigenvalue weighted by Crippen LogP contribution is -2.26. The molecule has 0 fully saturated rings. The summed E-state index contributed by atoms with van der Waals surface area (Å²) in [6, 6.07) is 0. The highest BCUT2D eigenvalue weighted by Gasteiger charge is 1.80. The fourth-order valence-electron chi connectivity index (χ4n) is 0.175. The van der Waals surface area contributed by atoms with Crippen molar-refractivity contribution in [3.05, 3.63) is 24.0 Å². The van der Waals surface area contributed by atoms with Crippen LogP contribution in [0.25, 0.3) is 0 Å². The maximum absolute atomic E-state index is 5.31. The van der Waals surface area contributed by atoms with Crippen LogP contribution in [0.5, 0.6) is 0 Å². The standard InChI is InChI=1S/C5H9ClN2.C2H6/c1-4(2)7-8-5(3)6;1-2/h7-8H,1,3H2,2H3;1-2H3. The van der Waals surface area contributed by atoms with Crippen molar-refractivity contribution in [2.75, 3.05) is 0 Å². The van der Waals surface area contributed by atoms with Gasteiger partial charge in [-0.3, -0.25) is 5.43 Å². The van der Waals surface area contributed by atoms with Gasteiger partial charge in [-0.15, -0.1) is 0 Å². The molecule has 0 atom stereocenters. The van der Waals surface area contributed by atoms with Crippen LogP contribution >= 0.6 is 11.6 Å². The van der Waals surface area contributed by atoms with E-state index < -0.39 is 0 Å². The van der Waals surface area contributed by atoms with Crippen molar-refractivity contribution >= 4 is 11.6 Å². The third-order valence-corrected chi connectivity index (χ3v) is 0.506. The minimum Gasteiger partial charge on any atom is -0.305 e. The van der Waals surface area contributed by atoms with Crippen molar-refractivity contribution in [1.29, 1.82) is 0 Å². The quantitative estimate of drug-likeness (QED) is 0.492. The van der Waals surface area contributed by atoms with Gasteiger partial charge in [-0.2, -0.15) is 0 Å². The second-order valence-corrected chi connectivity index (χ2v) is 1.89. The van der Waals surface area contributed by atoms with Gasteiger partial charge in [0, 0.05) is 5.70 Å². The lowest BCUT2D eigenvalue weighted by atomic mass is 10.6. The molecule has 0 aliphatic rings. The molecule has 0 aromatic heterocycles. The molecule has 60 valence electrons. The van der Waals surface area contributed by atoms with Gasteiger partial charge in [0.25, 0.3) is 0 Å². The van der Waals surface area contributed by atoms with Crippen molar-refractivity contribution in [1.82, 2.24) is 10.9 Å². The van der Waals surface area contributed by atoms with Gasteiger partial charge in [0.15, 0.2) is 0 Å². The smallest absolute Gasteiger partial charge is 0.113 e. The van der Waals surface area contributed by atoms with Crippen LogP contribution in [-0.2, 0) is 0 Å². The van der Waals surface area contributed by atoms with Gasteiger partial charge in [-0.25, -0.2) is 0 Å². The van der Waals surface area contributed by atoms with E-state index in [9.17, 15) is 0 Å². The zero-order valence-electron chi connectivity index (χ0n) is 6.79. The van der Waals surface area contributed by atoms with Crippen LogP contribution < -0.4 is 10.9 Å². The number of nitrogens with one attached hydrogen (secondary N) is 2. The highest BCUT2D eigenvalue weighted by atomic mass is 35.5. The molecule has 0 amide bonds. The molecular weight excluding hydrogens is 148 g/mol. The summed E-state index contributed by atoms with van der Waals surface area (Å²) in [6.07, 6.45) is 0. The summed E-state index contributed by atoms with van der Waals surface area (Å²) in [7, 11) is 0. The molecule has 0 saturated carbocycles. The van der Waals surface area contributed by atoms with Crippen molar-refractivity contribution in [2.45, 2.75) is 20.8 Å². The second-order valence-electron chi connectivity index (χ2n) is 1.44. The molecule has 0 aromatic carbocycles. The Morgan fingerprint density at radius 3 is 1.70 bits per heavy atom. The lowest BCUT2D eigenvalue weighted by molar-refractivity contribution is 0.722. The van der Waals surface area contributed by atoms with Crippen molar-refractivity contribution in [3.63, 3.8) is 0 Å². The largest absolute Gasteiger partial charge is 0.305 e. The Kier molecular flexibility index (Phi) is 10.1. The van der Waals surface area contributed by atoms with Gasteiger partial charge in [0.2, 0.25) is 0 Å². The van der Waals surface area contributed by atoms with Crippen LogP contribution in [-0.4, -0.2) is 0 Å². The number of hydrazine groups is 1. The summed E-state index contributed by atoms with van der Waals surface area (Å²) >= 11 is 5.31. The van der Waals surface area contributed by atoms with Gasteiger partial charge >= 0.3 is 0 Å². The van der Waals surface area contributed by atoms with Crippen LogP contribution in [0, 0.1) is 0 Å². The van der Waals surface area contributed by atoms with Gasteiger partial charge in [-0.05, 0) is 6.92 Å². The molecule has 0 radical (unpaired) electrons. The van der Waals surface area contributed by atoms with Gasteiger partial charge in [-0.1, -0.05) is 38.6 Å². The highest BCUT2D eigenvalue weighted by Crippen LogP contribution is 1.86. The van der Waals surface area contributed by atoms with Gasteiger partial charge in [0.05, 0.1) is 0 Å². The fourth-order valence-corrected chi connectivity index (χ4v) is 0.222. The first-order valence-electron chi connectivity index (χ1n) is 3.15. The second kappa shape index (κ2) is 8.37. The monoisotopic (exact) mass is 162 g/mol. The summed E-state index contributed by atoms with van der Waals surface area (Å²) in [4.78, 5) is 0. The van der Waals surface area contributed by atoms with E-state index in [-0.39, 0.29) is 0 Å². The van der Waals surface area contributed by atoms with E-state index >= 15 is 0 Å². The molecule has 0 spiro atoms. The molecule has 0 unspecified atom stereocenters. The van der Waals surface area contributed by atoms with Crippen LogP contribution in [0.2, 0.25) is 0 Å². The molecule has 0 bridgehead atoms. The summed E-state index contributed by atoms with van der Waals surface area (Å²) in [5, 5.41) is 0.355. The van der Waals surface area contributed by atoms with E-state index in [1.165, 1.54) is 0 Å². The highest BCUT2D eigenvalue weighted by molar-refractivity contribution is 6.28. The Morgan fingerprint density at radius 1 is 1.20 bits per heavy atom. The minimum atomic E-state index is 0.355. The van der Waals surface area contributed by atoms with E-state index in [4.69, 9.17) is 11.6 Å². The third-order valence-electron chi connectivity index (χ3n) is 0.412. The van der Waals surface area contributed by atoms with Crippen molar-refractivity contribution in [3.8, 4) is 0 Å². The predicted molar refractivity (Wildman–Crippen MR) is 47.4 cm³/mol. The van der Waals surface area contributed by atoms with E-state index in [2.05, 4.69) is 24.0 Å². The molecule has 0 aliphatic carbocycles. The minimum absolute atomic E-state index is 0.355. The molecule has 0 rings (SSSR count). The van der Waals surface area contributed by atoms with Crippen LogP contribution in [0.15, 0.2) is 24.0 Å². The Morgan fingerprint density at radius 2 is 1.60 bits per heavy atom. The molecule has 10 heavy (non-hydrogen) atoms. The SMILES string of the molecule is C=C(C)NNC(=C)Cl.CC. The molecule has 0 heterocycles. The maximum Gasteiger partial charge on any atom is 0.113 e. The number of rotatable bonds is 3. The van der Waals surface area contributed by atoms with Crippen molar-refractivity contribution in [2.24, 2.45) is 0 Å². The average Bonchev–Trinajstić information content (AvgIpc) is 1.89. The van der Waals surface area contributed by atoms with Crippen LogP contribution in [0.1, 0.15) is 20.8 Å². The number of allylic oxidation sites excluding steroid dienone is 1. The Labute approximate surface area is 67.9 Å².